The van der Waals surface area contributed by atoms with Crippen molar-refractivity contribution in [2.45, 2.75) is 37.0 Å². The van der Waals surface area contributed by atoms with E-state index in [1.807, 2.05) is 4.90 Å². The SMILES string of the molecule is O=C(C[C@@H]1CC2(CCNCC2)c2ccccc21)N1CCOCC1. The van der Waals surface area contributed by atoms with Gasteiger partial charge in [0.25, 0.3) is 0 Å². The predicted octanol–water partition coefficient (Wildman–Crippen LogP) is 2.04. The highest BCUT2D eigenvalue weighted by atomic mass is 16.5. The minimum Gasteiger partial charge on any atom is -0.378 e. The Bertz CT molecular complexity index is 574. The van der Waals surface area contributed by atoms with E-state index >= 15 is 0 Å². The van der Waals surface area contributed by atoms with Crippen molar-refractivity contribution >= 4 is 5.91 Å². The summed E-state index contributed by atoms with van der Waals surface area (Å²) >= 11 is 0. The number of benzene rings is 1. The normalized spacial score (nSPS) is 26.3. The maximum Gasteiger partial charge on any atom is 0.223 e. The Morgan fingerprint density at radius 3 is 2.74 bits per heavy atom. The molecule has 2 saturated heterocycles. The molecule has 23 heavy (non-hydrogen) atoms. The van der Waals surface area contributed by atoms with Crippen LogP contribution in [0.5, 0.6) is 0 Å². The molecule has 4 heteroatoms. The molecular weight excluding hydrogens is 288 g/mol. The van der Waals surface area contributed by atoms with Gasteiger partial charge in [0.1, 0.15) is 0 Å². The van der Waals surface area contributed by atoms with Crippen molar-refractivity contribution < 1.29 is 9.53 Å². The Morgan fingerprint density at radius 1 is 1.22 bits per heavy atom. The second-order valence-electron chi connectivity index (χ2n) is 7.22. The zero-order valence-electron chi connectivity index (χ0n) is 13.7. The van der Waals surface area contributed by atoms with Gasteiger partial charge in [-0.05, 0) is 54.8 Å². The fourth-order valence-electron chi connectivity index (χ4n) is 4.74. The Kier molecular flexibility index (Phi) is 4.12. The molecule has 3 aliphatic rings. The molecule has 0 aromatic heterocycles. The average Bonchev–Trinajstić information content (AvgIpc) is 2.90. The highest BCUT2D eigenvalue weighted by Crippen LogP contribution is 2.51. The summed E-state index contributed by atoms with van der Waals surface area (Å²) in [6, 6.07) is 8.85. The van der Waals surface area contributed by atoms with Gasteiger partial charge in [-0.3, -0.25) is 4.79 Å². The van der Waals surface area contributed by atoms with Crippen molar-refractivity contribution in [1.29, 1.82) is 0 Å². The van der Waals surface area contributed by atoms with Crippen LogP contribution < -0.4 is 5.32 Å². The van der Waals surface area contributed by atoms with Gasteiger partial charge in [0.15, 0.2) is 0 Å². The maximum absolute atomic E-state index is 12.7. The maximum atomic E-state index is 12.7. The number of nitrogens with zero attached hydrogens (tertiary/aromatic N) is 1. The lowest BCUT2D eigenvalue weighted by Gasteiger charge is -2.35. The summed E-state index contributed by atoms with van der Waals surface area (Å²) in [6.45, 7) is 5.06. The van der Waals surface area contributed by atoms with Crippen molar-refractivity contribution in [3.8, 4) is 0 Å². The third kappa shape index (κ3) is 2.79. The molecule has 2 heterocycles. The molecule has 124 valence electrons. The molecule has 1 N–H and O–H groups in total. The van der Waals surface area contributed by atoms with E-state index in [0.29, 0.717) is 36.9 Å². The number of hydrogen-bond donors (Lipinski definition) is 1. The van der Waals surface area contributed by atoms with E-state index in [2.05, 4.69) is 29.6 Å². The highest BCUT2D eigenvalue weighted by Gasteiger charge is 2.44. The number of nitrogens with one attached hydrogen (secondary N) is 1. The van der Waals surface area contributed by atoms with Crippen molar-refractivity contribution in [2.24, 2.45) is 0 Å². The standard InChI is InChI=1S/C19H26N2O2/c22-18(21-9-11-23-12-10-21)13-15-14-19(5-7-20-8-6-19)17-4-2-1-3-16(15)17/h1-4,15,20H,5-14H2/t15-/m1/s1. The number of fused-ring (bicyclic) bond motifs is 2. The zero-order chi connectivity index (χ0) is 15.7. The molecule has 1 amide bonds. The van der Waals surface area contributed by atoms with Crippen LogP contribution in [-0.2, 0) is 14.9 Å². The average molecular weight is 314 g/mol. The molecule has 0 saturated carbocycles. The lowest BCUT2D eigenvalue weighted by Crippen LogP contribution is -2.41. The van der Waals surface area contributed by atoms with Gasteiger partial charge in [0.05, 0.1) is 13.2 Å². The molecule has 4 rings (SSSR count). The van der Waals surface area contributed by atoms with Crippen LogP contribution in [0.25, 0.3) is 0 Å². The first-order chi connectivity index (χ1) is 11.3. The molecule has 2 aliphatic heterocycles. The summed E-state index contributed by atoms with van der Waals surface area (Å²) in [5.41, 5.74) is 3.25. The third-order valence-corrected chi connectivity index (χ3v) is 5.95. The number of carbonyl (C=O) groups excluding carboxylic acids is 1. The van der Waals surface area contributed by atoms with Crippen molar-refractivity contribution in [2.75, 3.05) is 39.4 Å². The van der Waals surface area contributed by atoms with E-state index < -0.39 is 0 Å². The molecule has 1 aromatic carbocycles. The van der Waals surface area contributed by atoms with E-state index in [9.17, 15) is 4.79 Å². The second-order valence-corrected chi connectivity index (χ2v) is 7.22. The Balaban J connectivity index is 1.54. The number of hydrogen-bond acceptors (Lipinski definition) is 3. The second kappa shape index (κ2) is 6.25. The summed E-state index contributed by atoms with van der Waals surface area (Å²) in [4.78, 5) is 14.7. The number of amides is 1. The van der Waals surface area contributed by atoms with Gasteiger partial charge in [-0.1, -0.05) is 24.3 Å². The molecule has 1 aromatic rings. The minimum atomic E-state index is 0.303. The van der Waals surface area contributed by atoms with Crippen LogP contribution in [-0.4, -0.2) is 50.2 Å². The molecule has 0 radical (unpaired) electrons. The van der Waals surface area contributed by atoms with E-state index in [4.69, 9.17) is 4.74 Å². The Labute approximate surface area is 138 Å². The summed E-state index contributed by atoms with van der Waals surface area (Å²) < 4.78 is 5.37. The van der Waals surface area contributed by atoms with Crippen LogP contribution >= 0.6 is 0 Å². The highest BCUT2D eigenvalue weighted by molar-refractivity contribution is 5.77. The van der Waals surface area contributed by atoms with Gasteiger partial charge in [0, 0.05) is 19.5 Å². The van der Waals surface area contributed by atoms with E-state index in [1.54, 1.807) is 0 Å². The first kappa shape index (κ1) is 15.2. The smallest absolute Gasteiger partial charge is 0.223 e. The first-order valence-corrected chi connectivity index (χ1v) is 8.94. The van der Waals surface area contributed by atoms with Crippen molar-refractivity contribution in [3.63, 3.8) is 0 Å². The summed E-state index contributed by atoms with van der Waals surface area (Å²) in [5, 5.41) is 3.48. The van der Waals surface area contributed by atoms with Crippen LogP contribution in [0, 0.1) is 0 Å². The van der Waals surface area contributed by atoms with Gasteiger partial charge >= 0.3 is 0 Å². The molecule has 0 bridgehead atoms. The van der Waals surface area contributed by atoms with E-state index in [0.717, 1.165) is 32.6 Å². The summed E-state index contributed by atoms with van der Waals surface area (Å²) in [6.07, 6.45) is 4.20. The van der Waals surface area contributed by atoms with E-state index in [-0.39, 0.29) is 0 Å². The summed E-state index contributed by atoms with van der Waals surface area (Å²) in [5.74, 6) is 0.693. The minimum absolute atomic E-state index is 0.303. The quantitative estimate of drug-likeness (QED) is 0.908. The fraction of sp³-hybridized carbons (Fsp3) is 0.632. The number of carbonyl (C=O) groups is 1. The molecule has 0 unspecified atom stereocenters. The molecule has 4 nitrogen and oxygen atoms in total. The Morgan fingerprint density at radius 2 is 1.96 bits per heavy atom. The number of ether oxygens (including phenoxy) is 1. The fourth-order valence-corrected chi connectivity index (χ4v) is 4.74. The van der Waals surface area contributed by atoms with Gasteiger partial charge in [0.2, 0.25) is 5.91 Å². The van der Waals surface area contributed by atoms with Crippen molar-refractivity contribution in [1.82, 2.24) is 10.2 Å². The van der Waals surface area contributed by atoms with Crippen LogP contribution in [0.15, 0.2) is 24.3 Å². The lowest BCUT2D eigenvalue weighted by molar-refractivity contribution is -0.135. The van der Waals surface area contributed by atoms with Crippen LogP contribution in [0.2, 0.25) is 0 Å². The zero-order valence-corrected chi connectivity index (χ0v) is 13.7. The van der Waals surface area contributed by atoms with Gasteiger partial charge in [-0.25, -0.2) is 0 Å². The predicted molar refractivity (Wildman–Crippen MR) is 89.6 cm³/mol. The van der Waals surface area contributed by atoms with Crippen LogP contribution in [0.4, 0.5) is 0 Å². The molecule has 1 aliphatic carbocycles. The lowest BCUT2D eigenvalue weighted by atomic mass is 9.73. The molecule has 2 fully saturated rings. The topological polar surface area (TPSA) is 41.6 Å². The monoisotopic (exact) mass is 314 g/mol. The largest absolute Gasteiger partial charge is 0.378 e. The summed E-state index contributed by atoms with van der Waals surface area (Å²) in [7, 11) is 0. The number of rotatable bonds is 2. The van der Waals surface area contributed by atoms with Gasteiger partial charge < -0.3 is 15.0 Å². The van der Waals surface area contributed by atoms with Crippen LogP contribution in [0.1, 0.15) is 42.7 Å². The molecular formula is C19H26N2O2. The Hall–Kier alpha value is -1.39. The van der Waals surface area contributed by atoms with Gasteiger partial charge in [-0.15, -0.1) is 0 Å². The van der Waals surface area contributed by atoms with Crippen molar-refractivity contribution in [3.05, 3.63) is 35.4 Å². The number of piperidine rings is 1. The first-order valence-electron chi connectivity index (χ1n) is 8.94. The van der Waals surface area contributed by atoms with Crippen LogP contribution in [0.3, 0.4) is 0 Å². The van der Waals surface area contributed by atoms with E-state index in [1.165, 1.54) is 24.0 Å². The number of morpholine rings is 1. The third-order valence-electron chi connectivity index (χ3n) is 5.95. The van der Waals surface area contributed by atoms with Gasteiger partial charge in [-0.2, -0.15) is 0 Å². The molecule has 1 spiro atoms. The molecule has 1 atom stereocenters.